The highest BCUT2D eigenvalue weighted by atomic mass is 32.2. The Kier molecular flexibility index (Phi) is 6.35. The van der Waals surface area contributed by atoms with Crippen LogP contribution in [0.3, 0.4) is 0 Å². The molecule has 0 atom stereocenters. The average molecular weight is 237 g/mol. The first kappa shape index (κ1) is 14.8. The zero-order valence-corrected chi connectivity index (χ0v) is 10.7. The maximum Gasteiger partial charge on any atom is 0.277 e. The minimum Gasteiger partial charge on any atom is -0.330 e. The van der Waals surface area contributed by atoms with Crippen molar-refractivity contribution in [2.45, 2.75) is 45.6 Å². The summed E-state index contributed by atoms with van der Waals surface area (Å²) in [6.07, 6.45) is 2.71. The third-order valence-corrected chi connectivity index (χ3v) is 3.08. The van der Waals surface area contributed by atoms with Gasteiger partial charge in [0.25, 0.3) is 10.2 Å². The second kappa shape index (κ2) is 6.42. The quantitative estimate of drug-likeness (QED) is 0.558. The largest absolute Gasteiger partial charge is 0.330 e. The molecule has 0 saturated carbocycles. The molecule has 0 aromatic carbocycles. The van der Waals surface area contributed by atoms with Gasteiger partial charge in [-0.1, -0.05) is 6.42 Å². The van der Waals surface area contributed by atoms with Crippen LogP contribution in [0.25, 0.3) is 0 Å². The van der Waals surface area contributed by atoms with Gasteiger partial charge in [0.05, 0.1) is 0 Å². The molecule has 0 aliphatic rings. The zero-order valence-electron chi connectivity index (χ0n) is 9.84. The van der Waals surface area contributed by atoms with Crippen LogP contribution in [-0.4, -0.2) is 27.0 Å². The van der Waals surface area contributed by atoms with Crippen LogP contribution in [0.5, 0.6) is 0 Å². The first-order chi connectivity index (χ1) is 6.77. The molecule has 0 spiro atoms. The van der Waals surface area contributed by atoms with Crippen molar-refractivity contribution in [2.75, 3.05) is 13.1 Å². The number of nitrogens with one attached hydrogen (secondary N) is 2. The van der Waals surface area contributed by atoms with Crippen molar-refractivity contribution in [3.05, 3.63) is 0 Å². The molecule has 4 N–H and O–H groups in total. The molecule has 5 nitrogen and oxygen atoms in total. The van der Waals surface area contributed by atoms with Gasteiger partial charge in [-0.15, -0.1) is 0 Å². The van der Waals surface area contributed by atoms with Crippen molar-refractivity contribution < 1.29 is 8.42 Å². The van der Waals surface area contributed by atoms with Crippen LogP contribution < -0.4 is 15.2 Å². The van der Waals surface area contributed by atoms with E-state index in [2.05, 4.69) is 9.44 Å². The summed E-state index contributed by atoms with van der Waals surface area (Å²) >= 11 is 0. The van der Waals surface area contributed by atoms with E-state index < -0.39 is 15.7 Å². The minimum atomic E-state index is -3.36. The highest BCUT2D eigenvalue weighted by Crippen LogP contribution is 2.00. The van der Waals surface area contributed by atoms with Gasteiger partial charge in [0, 0.05) is 12.1 Å². The third kappa shape index (κ3) is 10.1. The van der Waals surface area contributed by atoms with E-state index in [1.807, 2.05) is 0 Å². The van der Waals surface area contributed by atoms with Crippen molar-refractivity contribution in [3.8, 4) is 0 Å². The summed E-state index contributed by atoms with van der Waals surface area (Å²) in [6.45, 7) is 6.54. The molecule has 0 fully saturated rings. The Morgan fingerprint density at radius 1 is 1.13 bits per heavy atom. The third-order valence-electron chi connectivity index (χ3n) is 1.61. The van der Waals surface area contributed by atoms with Crippen molar-refractivity contribution in [3.63, 3.8) is 0 Å². The SMILES string of the molecule is CC(C)(C)NS(=O)(=O)NCCCCCN. The van der Waals surface area contributed by atoms with Crippen LogP contribution in [0.1, 0.15) is 40.0 Å². The standard InChI is InChI=1S/C9H23N3O2S/c1-9(2,3)12-15(13,14)11-8-6-4-5-7-10/h11-12H,4-8,10H2,1-3H3. The number of hydrogen-bond donors (Lipinski definition) is 3. The molecule has 0 unspecified atom stereocenters. The maximum absolute atomic E-state index is 11.4. The van der Waals surface area contributed by atoms with E-state index >= 15 is 0 Å². The minimum absolute atomic E-state index is 0.441. The van der Waals surface area contributed by atoms with Gasteiger partial charge in [0.15, 0.2) is 0 Å². The van der Waals surface area contributed by atoms with E-state index in [1.165, 1.54) is 0 Å². The summed E-state index contributed by atoms with van der Waals surface area (Å²) in [5, 5.41) is 0. The van der Waals surface area contributed by atoms with Gasteiger partial charge in [-0.2, -0.15) is 13.1 Å². The predicted octanol–water partition coefficient (Wildman–Crippen LogP) is 0.338. The Bertz CT molecular complexity index is 257. The van der Waals surface area contributed by atoms with Gasteiger partial charge >= 0.3 is 0 Å². The summed E-state index contributed by atoms with van der Waals surface area (Å²) in [7, 11) is -3.36. The van der Waals surface area contributed by atoms with Crippen molar-refractivity contribution >= 4 is 10.2 Å². The summed E-state index contributed by atoms with van der Waals surface area (Å²) in [5.74, 6) is 0. The fourth-order valence-corrected chi connectivity index (χ4v) is 2.38. The van der Waals surface area contributed by atoms with Crippen LogP contribution in [-0.2, 0) is 10.2 Å². The molecular weight excluding hydrogens is 214 g/mol. The van der Waals surface area contributed by atoms with Crippen LogP contribution >= 0.6 is 0 Å². The van der Waals surface area contributed by atoms with Gasteiger partial charge in [0.2, 0.25) is 0 Å². The van der Waals surface area contributed by atoms with Crippen LogP contribution in [0.4, 0.5) is 0 Å². The molecule has 0 aromatic heterocycles. The second-order valence-corrected chi connectivity index (χ2v) is 6.10. The van der Waals surface area contributed by atoms with E-state index in [-0.39, 0.29) is 0 Å². The molecule has 0 aromatic rings. The average Bonchev–Trinajstić information content (AvgIpc) is 1.99. The van der Waals surface area contributed by atoms with Gasteiger partial charge in [-0.3, -0.25) is 0 Å². The van der Waals surface area contributed by atoms with E-state index in [9.17, 15) is 8.42 Å². The number of nitrogens with two attached hydrogens (primary N) is 1. The molecule has 6 heteroatoms. The lowest BCUT2D eigenvalue weighted by molar-refractivity contribution is 0.482. The van der Waals surface area contributed by atoms with Gasteiger partial charge in [-0.25, -0.2) is 4.72 Å². The number of unbranched alkanes of at least 4 members (excludes halogenated alkanes) is 2. The van der Waals surface area contributed by atoms with Crippen molar-refractivity contribution in [1.29, 1.82) is 0 Å². The highest BCUT2D eigenvalue weighted by Gasteiger charge is 2.18. The first-order valence-corrected chi connectivity index (χ1v) is 6.74. The molecular formula is C9H23N3O2S. The Labute approximate surface area is 93.0 Å². The van der Waals surface area contributed by atoms with E-state index in [0.717, 1.165) is 19.3 Å². The summed E-state index contributed by atoms with van der Waals surface area (Å²) in [6, 6.07) is 0. The summed E-state index contributed by atoms with van der Waals surface area (Å²) < 4.78 is 27.9. The smallest absolute Gasteiger partial charge is 0.277 e. The molecule has 0 amide bonds. The Balaban J connectivity index is 3.76. The fourth-order valence-electron chi connectivity index (χ4n) is 1.09. The van der Waals surface area contributed by atoms with Crippen molar-refractivity contribution in [2.24, 2.45) is 5.73 Å². The lowest BCUT2D eigenvalue weighted by Crippen LogP contribution is -2.47. The van der Waals surface area contributed by atoms with Crippen LogP contribution in [0.15, 0.2) is 0 Å². The molecule has 92 valence electrons. The molecule has 0 aliphatic heterocycles. The van der Waals surface area contributed by atoms with Crippen LogP contribution in [0, 0.1) is 0 Å². The van der Waals surface area contributed by atoms with Crippen molar-refractivity contribution in [1.82, 2.24) is 9.44 Å². The molecule has 0 heterocycles. The Morgan fingerprint density at radius 2 is 1.73 bits per heavy atom. The van der Waals surface area contributed by atoms with Gasteiger partial charge in [-0.05, 0) is 40.2 Å². The molecule has 0 aliphatic carbocycles. The molecule has 0 radical (unpaired) electrons. The lowest BCUT2D eigenvalue weighted by Gasteiger charge is -2.20. The second-order valence-electron chi connectivity index (χ2n) is 4.60. The lowest BCUT2D eigenvalue weighted by atomic mass is 10.1. The molecule has 0 saturated heterocycles. The van der Waals surface area contributed by atoms with E-state index in [4.69, 9.17) is 5.73 Å². The topological polar surface area (TPSA) is 84.2 Å². The Morgan fingerprint density at radius 3 is 2.20 bits per heavy atom. The fraction of sp³-hybridized carbons (Fsp3) is 1.00. The number of rotatable bonds is 7. The maximum atomic E-state index is 11.4. The monoisotopic (exact) mass is 237 g/mol. The van der Waals surface area contributed by atoms with Gasteiger partial charge in [0.1, 0.15) is 0 Å². The van der Waals surface area contributed by atoms with E-state index in [1.54, 1.807) is 20.8 Å². The van der Waals surface area contributed by atoms with E-state index in [0.29, 0.717) is 13.1 Å². The molecule has 0 bridgehead atoms. The zero-order chi connectivity index (χ0) is 11.9. The normalized spacial score (nSPS) is 13.1. The first-order valence-electron chi connectivity index (χ1n) is 5.25. The highest BCUT2D eigenvalue weighted by molar-refractivity contribution is 7.87. The Hall–Kier alpha value is -0.170. The molecule has 0 rings (SSSR count). The molecule has 15 heavy (non-hydrogen) atoms. The predicted molar refractivity (Wildman–Crippen MR) is 62.7 cm³/mol. The van der Waals surface area contributed by atoms with Crippen LogP contribution in [0.2, 0.25) is 0 Å². The number of hydrogen-bond acceptors (Lipinski definition) is 3. The van der Waals surface area contributed by atoms with Gasteiger partial charge < -0.3 is 5.73 Å². The summed E-state index contributed by atoms with van der Waals surface area (Å²) in [5.41, 5.74) is 4.89. The summed E-state index contributed by atoms with van der Waals surface area (Å²) in [4.78, 5) is 0.